The zero-order valence-electron chi connectivity index (χ0n) is 15.1. The summed E-state index contributed by atoms with van der Waals surface area (Å²) in [5.41, 5.74) is 10.5. The molecule has 1 aromatic carbocycles. The predicted molar refractivity (Wildman–Crippen MR) is 102 cm³/mol. The van der Waals surface area contributed by atoms with Crippen molar-refractivity contribution in [1.82, 2.24) is 4.90 Å². The third-order valence-electron chi connectivity index (χ3n) is 4.34. The van der Waals surface area contributed by atoms with Crippen molar-refractivity contribution in [2.24, 2.45) is 11.5 Å². The zero-order chi connectivity index (χ0) is 21.1. The molecule has 1 aliphatic rings. The maximum absolute atomic E-state index is 14.1. The van der Waals surface area contributed by atoms with Crippen molar-refractivity contribution in [2.45, 2.75) is 18.9 Å². The monoisotopic (exact) mass is 424 g/mol. The van der Waals surface area contributed by atoms with Crippen molar-refractivity contribution in [3.05, 3.63) is 40.8 Å². The molecule has 0 saturated carbocycles. The van der Waals surface area contributed by atoms with E-state index >= 15 is 0 Å². The Hall–Kier alpha value is -3.21. The lowest BCUT2D eigenvalue weighted by Crippen LogP contribution is -2.46. The summed E-state index contributed by atoms with van der Waals surface area (Å²) in [4.78, 5) is 37.0. The highest BCUT2D eigenvalue weighted by atomic mass is 32.1. The molecule has 8 nitrogen and oxygen atoms in total. The topological polar surface area (TPSA) is 128 Å². The smallest absolute Gasteiger partial charge is 0.350 e. The number of ether oxygens (including phenoxy) is 1. The average molecular weight is 424 g/mol. The number of hydrogen-bond acceptors (Lipinski definition) is 5. The van der Waals surface area contributed by atoms with Crippen LogP contribution in [0.1, 0.15) is 22.5 Å². The van der Waals surface area contributed by atoms with Gasteiger partial charge in [0.15, 0.2) is 0 Å². The number of piperidine rings is 1. The number of nitrogens with one attached hydrogen (secondary N) is 1. The molecule has 1 unspecified atom stereocenters. The highest BCUT2D eigenvalue weighted by Crippen LogP contribution is 2.37. The van der Waals surface area contributed by atoms with E-state index in [2.05, 4.69) is 5.32 Å². The van der Waals surface area contributed by atoms with Gasteiger partial charge in [-0.25, -0.2) is 23.2 Å². The molecule has 1 aliphatic heterocycles. The first-order chi connectivity index (χ1) is 13.7. The molecular weight excluding hydrogens is 406 g/mol. The van der Waals surface area contributed by atoms with E-state index in [0.717, 1.165) is 17.4 Å². The first kappa shape index (κ1) is 20.5. The van der Waals surface area contributed by atoms with E-state index < -0.39 is 35.8 Å². The summed E-state index contributed by atoms with van der Waals surface area (Å²) in [6.07, 6.45) is 0.584. The van der Waals surface area contributed by atoms with E-state index in [1.54, 1.807) is 0 Å². The molecule has 1 saturated heterocycles. The molecule has 2 heterocycles. The Morgan fingerprint density at radius 3 is 2.62 bits per heavy atom. The van der Waals surface area contributed by atoms with Crippen LogP contribution in [-0.4, -0.2) is 42.1 Å². The van der Waals surface area contributed by atoms with E-state index in [9.17, 15) is 23.2 Å². The molecule has 5 N–H and O–H groups in total. The van der Waals surface area contributed by atoms with Gasteiger partial charge in [0, 0.05) is 23.1 Å². The van der Waals surface area contributed by atoms with Crippen LogP contribution in [0.3, 0.4) is 0 Å². The quantitative estimate of drug-likeness (QED) is 0.652. The summed E-state index contributed by atoms with van der Waals surface area (Å²) >= 11 is 0.866. The summed E-state index contributed by atoms with van der Waals surface area (Å²) in [6.45, 7) is 0.634. The molecule has 154 valence electrons. The molecule has 0 bridgehead atoms. The molecule has 1 aromatic heterocycles. The zero-order valence-corrected chi connectivity index (χ0v) is 15.9. The number of thiophene rings is 1. The van der Waals surface area contributed by atoms with Crippen molar-refractivity contribution in [2.75, 3.05) is 18.4 Å². The predicted octanol–water partition coefficient (Wildman–Crippen LogP) is 2.88. The number of hydrogen-bond donors (Lipinski definition) is 3. The minimum Gasteiger partial charge on any atom is -0.456 e. The average Bonchev–Trinajstić information content (AvgIpc) is 3.04. The van der Waals surface area contributed by atoms with Crippen LogP contribution in [0.5, 0.6) is 0 Å². The molecule has 2 aromatic rings. The molecule has 3 rings (SSSR count). The van der Waals surface area contributed by atoms with Gasteiger partial charge in [-0.1, -0.05) is 0 Å². The number of carbonyl (C=O) groups is 3. The molecule has 0 spiro atoms. The normalized spacial score (nSPS) is 16.3. The van der Waals surface area contributed by atoms with Gasteiger partial charge in [0.25, 0.3) is 0 Å². The SMILES string of the molecule is NC(=O)Nc1cc(-c2ccc(F)cc2F)sc1C(=O)OC1CCCN(C(N)=O)C1. The molecule has 0 aliphatic carbocycles. The van der Waals surface area contributed by atoms with Crippen LogP contribution in [0.2, 0.25) is 0 Å². The second-order valence-electron chi connectivity index (χ2n) is 6.42. The van der Waals surface area contributed by atoms with Gasteiger partial charge in [-0.05, 0) is 31.0 Å². The van der Waals surface area contributed by atoms with E-state index in [4.69, 9.17) is 16.2 Å². The first-order valence-electron chi connectivity index (χ1n) is 8.65. The van der Waals surface area contributed by atoms with E-state index in [0.29, 0.717) is 25.5 Å². The minimum atomic E-state index is -0.916. The second-order valence-corrected chi connectivity index (χ2v) is 7.47. The van der Waals surface area contributed by atoms with Crippen LogP contribution in [0.15, 0.2) is 24.3 Å². The van der Waals surface area contributed by atoms with Crippen molar-refractivity contribution in [3.63, 3.8) is 0 Å². The van der Waals surface area contributed by atoms with E-state index in [-0.39, 0.29) is 27.5 Å². The van der Waals surface area contributed by atoms with Gasteiger partial charge in [-0.2, -0.15) is 0 Å². The van der Waals surface area contributed by atoms with E-state index in [1.807, 2.05) is 0 Å². The first-order valence-corrected chi connectivity index (χ1v) is 9.47. The highest BCUT2D eigenvalue weighted by Gasteiger charge is 2.28. The fourth-order valence-electron chi connectivity index (χ4n) is 3.03. The summed E-state index contributed by atoms with van der Waals surface area (Å²) < 4.78 is 32.8. The molecule has 4 amide bonds. The van der Waals surface area contributed by atoms with Gasteiger partial charge < -0.3 is 26.4 Å². The number of rotatable bonds is 4. The number of benzene rings is 1. The van der Waals surface area contributed by atoms with Crippen LogP contribution in [-0.2, 0) is 4.74 Å². The lowest BCUT2D eigenvalue weighted by atomic mass is 10.1. The van der Waals surface area contributed by atoms with Gasteiger partial charge in [-0.15, -0.1) is 11.3 Å². The fraction of sp³-hybridized carbons (Fsp3) is 0.278. The Morgan fingerprint density at radius 1 is 1.21 bits per heavy atom. The molecule has 1 fully saturated rings. The molecule has 1 atom stereocenters. The van der Waals surface area contributed by atoms with Crippen molar-refractivity contribution in [3.8, 4) is 10.4 Å². The Bertz CT molecular complexity index is 965. The van der Waals surface area contributed by atoms with Gasteiger partial charge in [-0.3, -0.25) is 0 Å². The number of halogens is 2. The Morgan fingerprint density at radius 2 is 1.97 bits per heavy atom. The Kier molecular flexibility index (Phi) is 5.97. The molecule has 11 heteroatoms. The number of amides is 4. The fourth-order valence-corrected chi connectivity index (χ4v) is 4.05. The standard InChI is InChI=1S/C18H18F2N4O4S/c19-9-3-4-11(12(20)6-9)14-7-13(23-17(21)26)15(29-14)16(25)28-10-2-1-5-24(8-10)18(22)27/h3-4,6-7,10H,1-2,5,8H2,(H2,22,27)(H3,21,23,26). The molecule has 29 heavy (non-hydrogen) atoms. The number of likely N-dealkylation sites (tertiary alicyclic amines) is 1. The largest absolute Gasteiger partial charge is 0.456 e. The summed E-state index contributed by atoms with van der Waals surface area (Å²) in [5.74, 6) is -2.32. The summed E-state index contributed by atoms with van der Waals surface area (Å²) in [6, 6.07) is 2.87. The number of nitrogens with two attached hydrogens (primary N) is 2. The number of primary amides is 2. The third kappa shape index (κ3) is 4.80. The van der Waals surface area contributed by atoms with Crippen molar-refractivity contribution in [1.29, 1.82) is 0 Å². The van der Waals surface area contributed by atoms with Crippen molar-refractivity contribution < 1.29 is 27.9 Å². The van der Waals surface area contributed by atoms with Gasteiger partial charge in [0.2, 0.25) is 0 Å². The van der Waals surface area contributed by atoms with Gasteiger partial charge in [0.05, 0.1) is 12.2 Å². The Labute approximate surface area is 168 Å². The third-order valence-corrected chi connectivity index (χ3v) is 5.48. The Balaban J connectivity index is 1.86. The van der Waals surface area contributed by atoms with Crippen LogP contribution >= 0.6 is 11.3 Å². The van der Waals surface area contributed by atoms with Gasteiger partial charge >= 0.3 is 18.0 Å². The number of urea groups is 2. The van der Waals surface area contributed by atoms with Crippen LogP contribution in [0.25, 0.3) is 10.4 Å². The molecular formula is C18H18F2N4O4S. The van der Waals surface area contributed by atoms with E-state index in [1.165, 1.54) is 17.0 Å². The number of carbonyl (C=O) groups excluding carboxylic acids is 3. The maximum atomic E-state index is 14.1. The highest BCUT2D eigenvalue weighted by molar-refractivity contribution is 7.18. The second kappa shape index (κ2) is 8.43. The van der Waals surface area contributed by atoms with Crippen molar-refractivity contribution >= 4 is 35.1 Å². The number of esters is 1. The van der Waals surface area contributed by atoms with Crippen LogP contribution in [0, 0.1) is 11.6 Å². The minimum absolute atomic E-state index is 0.00118. The molecule has 0 radical (unpaired) electrons. The van der Waals surface area contributed by atoms with Crippen LogP contribution in [0.4, 0.5) is 24.1 Å². The lowest BCUT2D eigenvalue weighted by molar-refractivity contribution is 0.0134. The maximum Gasteiger partial charge on any atom is 0.350 e. The number of nitrogens with zero attached hydrogens (tertiary/aromatic N) is 1. The number of anilines is 1. The summed E-state index contributed by atoms with van der Waals surface area (Å²) in [5, 5.41) is 2.31. The summed E-state index contributed by atoms with van der Waals surface area (Å²) in [7, 11) is 0. The van der Waals surface area contributed by atoms with Gasteiger partial charge in [0.1, 0.15) is 22.6 Å². The lowest BCUT2D eigenvalue weighted by Gasteiger charge is -2.31. The van der Waals surface area contributed by atoms with Crippen LogP contribution < -0.4 is 16.8 Å².